The van der Waals surface area contributed by atoms with E-state index in [1.54, 1.807) is 0 Å². The summed E-state index contributed by atoms with van der Waals surface area (Å²) in [6, 6.07) is 2.80. The lowest BCUT2D eigenvalue weighted by molar-refractivity contribution is -0.119. The Kier molecular flexibility index (Phi) is 4.69. The second-order valence-electron chi connectivity index (χ2n) is 3.52. The second kappa shape index (κ2) is 6.24. The van der Waals surface area contributed by atoms with E-state index in [2.05, 4.69) is 16.0 Å². The van der Waals surface area contributed by atoms with Crippen molar-refractivity contribution in [1.29, 1.82) is 0 Å². The normalized spacial score (nSPS) is 9.53. The molecule has 0 unspecified atom stereocenters. The Morgan fingerprint density at radius 3 is 2.47 bits per heavy atom. The van der Waals surface area contributed by atoms with Crippen molar-refractivity contribution in [1.82, 2.24) is 10.6 Å². The van der Waals surface area contributed by atoms with Gasteiger partial charge < -0.3 is 26.2 Å². The first-order valence-corrected chi connectivity index (χ1v) is 5.25. The number of aromatic carboxylic acids is 1. The molecule has 0 radical (unpaired) electrons. The van der Waals surface area contributed by atoms with Crippen LogP contribution in [0.5, 0.6) is 5.75 Å². The van der Waals surface area contributed by atoms with Crippen molar-refractivity contribution in [3.63, 3.8) is 0 Å². The molecule has 0 aliphatic heterocycles. The lowest BCUT2D eigenvalue weighted by Gasteiger charge is -2.09. The number of carbonyl (C=O) groups excluding carboxylic acids is 2. The van der Waals surface area contributed by atoms with Gasteiger partial charge in [0.2, 0.25) is 5.91 Å². The van der Waals surface area contributed by atoms with Gasteiger partial charge >= 0.3 is 12.0 Å². The number of urea groups is 1. The lowest BCUT2D eigenvalue weighted by atomic mass is 10.2. The average molecular weight is 267 g/mol. The number of phenolic OH excluding ortho intramolecular Hbond substituents is 1. The first-order valence-electron chi connectivity index (χ1n) is 5.25. The van der Waals surface area contributed by atoms with Crippen LogP contribution in [-0.2, 0) is 4.79 Å². The monoisotopic (exact) mass is 267 g/mol. The van der Waals surface area contributed by atoms with Crippen LogP contribution < -0.4 is 16.0 Å². The molecular formula is C11H13N3O5. The molecule has 8 nitrogen and oxygen atoms in total. The number of anilines is 1. The summed E-state index contributed by atoms with van der Waals surface area (Å²) in [5.74, 6) is -1.94. The number of benzene rings is 1. The molecule has 1 aromatic rings. The Hall–Kier alpha value is -2.77. The van der Waals surface area contributed by atoms with Gasteiger partial charge in [0.05, 0.1) is 17.8 Å². The molecular weight excluding hydrogens is 254 g/mol. The molecule has 102 valence electrons. The minimum absolute atomic E-state index is 0.0411. The first kappa shape index (κ1) is 14.3. The maximum Gasteiger partial charge on any atom is 0.335 e. The fourth-order valence-corrected chi connectivity index (χ4v) is 1.19. The largest absolute Gasteiger partial charge is 0.506 e. The van der Waals surface area contributed by atoms with Gasteiger partial charge in [0.15, 0.2) is 0 Å². The lowest BCUT2D eigenvalue weighted by Crippen LogP contribution is -2.37. The van der Waals surface area contributed by atoms with E-state index in [0.717, 1.165) is 6.07 Å². The number of carboxylic acid groups (broad SMARTS) is 1. The topological polar surface area (TPSA) is 128 Å². The van der Waals surface area contributed by atoms with Crippen LogP contribution in [0.2, 0.25) is 0 Å². The third kappa shape index (κ3) is 4.19. The summed E-state index contributed by atoms with van der Waals surface area (Å²) < 4.78 is 0. The molecule has 0 atom stereocenters. The molecule has 19 heavy (non-hydrogen) atoms. The highest BCUT2D eigenvalue weighted by Crippen LogP contribution is 2.24. The standard InChI is InChI=1S/C11H13N3O5/c1-12-9(16)5-13-11(19)14-7-3-2-6(10(17)18)4-8(7)15/h2-4,15H,5H2,1H3,(H,12,16)(H,17,18)(H2,13,14,19). The number of carbonyl (C=O) groups is 3. The number of nitrogens with one attached hydrogen (secondary N) is 3. The van der Waals surface area contributed by atoms with Gasteiger partial charge in [0.25, 0.3) is 0 Å². The molecule has 5 N–H and O–H groups in total. The van der Waals surface area contributed by atoms with Crippen molar-refractivity contribution < 1.29 is 24.6 Å². The molecule has 0 aromatic heterocycles. The van der Waals surface area contributed by atoms with Crippen LogP contribution in [0, 0.1) is 0 Å². The van der Waals surface area contributed by atoms with Gasteiger partial charge in [-0.15, -0.1) is 0 Å². The minimum atomic E-state index is -1.19. The Labute approximate surface area is 108 Å². The van der Waals surface area contributed by atoms with Crippen molar-refractivity contribution in [2.45, 2.75) is 0 Å². The zero-order chi connectivity index (χ0) is 14.4. The van der Waals surface area contributed by atoms with E-state index in [0.29, 0.717) is 0 Å². The van der Waals surface area contributed by atoms with E-state index < -0.39 is 12.0 Å². The SMILES string of the molecule is CNC(=O)CNC(=O)Nc1ccc(C(=O)O)cc1O. The zero-order valence-corrected chi connectivity index (χ0v) is 10.1. The molecule has 0 heterocycles. The average Bonchev–Trinajstić information content (AvgIpc) is 2.38. The molecule has 8 heteroatoms. The van der Waals surface area contributed by atoms with Crippen LogP contribution in [0.4, 0.5) is 10.5 Å². The van der Waals surface area contributed by atoms with Gasteiger partial charge in [-0.3, -0.25) is 4.79 Å². The van der Waals surface area contributed by atoms with Crippen LogP contribution in [0.25, 0.3) is 0 Å². The van der Waals surface area contributed by atoms with Gasteiger partial charge in [0.1, 0.15) is 5.75 Å². The smallest absolute Gasteiger partial charge is 0.335 e. The van der Waals surface area contributed by atoms with Crippen molar-refractivity contribution in [2.75, 3.05) is 18.9 Å². The van der Waals surface area contributed by atoms with Crippen molar-refractivity contribution >= 4 is 23.6 Å². The third-order valence-electron chi connectivity index (χ3n) is 2.18. The van der Waals surface area contributed by atoms with Gasteiger partial charge in [-0.05, 0) is 18.2 Å². The number of likely N-dealkylation sites (N-methyl/N-ethyl adjacent to an activating group) is 1. The van der Waals surface area contributed by atoms with Crippen molar-refractivity contribution in [3.8, 4) is 5.75 Å². The number of aromatic hydroxyl groups is 1. The number of hydrogen-bond donors (Lipinski definition) is 5. The van der Waals surface area contributed by atoms with Crippen LogP contribution >= 0.6 is 0 Å². The molecule has 3 amide bonds. The highest BCUT2D eigenvalue weighted by atomic mass is 16.4. The molecule has 1 rings (SSSR count). The van der Waals surface area contributed by atoms with E-state index in [4.69, 9.17) is 5.11 Å². The van der Waals surface area contributed by atoms with Gasteiger partial charge in [-0.1, -0.05) is 0 Å². The number of amides is 3. The second-order valence-corrected chi connectivity index (χ2v) is 3.52. The van der Waals surface area contributed by atoms with E-state index in [1.165, 1.54) is 19.2 Å². The van der Waals surface area contributed by atoms with Crippen LogP contribution in [0.1, 0.15) is 10.4 Å². The number of hydrogen-bond acceptors (Lipinski definition) is 4. The van der Waals surface area contributed by atoms with Crippen LogP contribution in [-0.4, -0.2) is 41.7 Å². The maximum atomic E-state index is 11.4. The predicted molar refractivity (Wildman–Crippen MR) is 66.2 cm³/mol. The molecule has 0 bridgehead atoms. The summed E-state index contributed by atoms with van der Waals surface area (Å²) in [4.78, 5) is 32.9. The Morgan fingerprint density at radius 1 is 1.26 bits per heavy atom. The molecule has 0 fully saturated rings. The fraction of sp³-hybridized carbons (Fsp3) is 0.182. The summed E-state index contributed by atoms with van der Waals surface area (Å²) in [5, 5.41) is 25.1. The molecule has 0 aliphatic carbocycles. The van der Waals surface area contributed by atoms with Crippen LogP contribution in [0.15, 0.2) is 18.2 Å². The summed E-state index contributed by atoms with van der Waals surface area (Å²) in [6.07, 6.45) is 0. The summed E-state index contributed by atoms with van der Waals surface area (Å²) in [5.41, 5.74) is -0.0618. The molecule has 0 saturated heterocycles. The van der Waals surface area contributed by atoms with Gasteiger partial charge in [0, 0.05) is 7.05 Å². The predicted octanol–water partition coefficient (Wildman–Crippen LogP) is -0.0421. The maximum absolute atomic E-state index is 11.4. The number of rotatable bonds is 4. The van der Waals surface area contributed by atoms with Crippen LogP contribution in [0.3, 0.4) is 0 Å². The minimum Gasteiger partial charge on any atom is -0.506 e. The molecule has 0 aliphatic rings. The first-order chi connectivity index (χ1) is 8.93. The molecule has 0 spiro atoms. The highest BCUT2D eigenvalue weighted by Gasteiger charge is 2.10. The van der Waals surface area contributed by atoms with E-state index >= 15 is 0 Å². The summed E-state index contributed by atoms with van der Waals surface area (Å²) >= 11 is 0. The number of carboxylic acids is 1. The van der Waals surface area contributed by atoms with E-state index in [9.17, 15) is 19.5 Å². The highest BCUT2D eigenvalue weighted by molar-refractivity contribution is 5.95. The van der Waals surface area contributed by atoms with E-state index in [-0.39, 0.29) is 29.5 Å². The Bertz CT molecular complexity index is 515. The number of phenols is 1. The van der Waals surface area contributed by atoms with Crippen molar-refractivity contribution in [2.24, 2.45) is 0 Å². The van der Waals surface area contributed by atoms with Gasteiger partial charge in [-0.25, -0.2) is 9.59 Å². The molecule has 0 saturated carbocycles. The summed E-state index contributed by atoms with van der Waals surface area (Å²) in [7, 11) is 1.43. The zero-order valence-electron chi connectivity index (χ0n) is 10.1. The summed E-state index contributed by atoms with van der Waals surface area (Å²) in [6.45, 7) is -0.212. The fourth-order valence-electron chi connectivity index (χ4n) is 1.19. The molecule has 1 aromatic carbocycles. The van der Waals surface area contributed by atoms with Gasteiger partial charge in [-0.2, -0.15) is 0 Å². The quantitative estimate of drug-likeness (QED) is 0.489. The van der Waals surface area contributed by atoms with Crippen molar-refractivity contribution in [3.05, 3.63) is 23.8 Å². The third-order valence-corrected chi connectivity index (χ3v) is 2.18. The Balaban J connectivity index is 2.64. The Morgan fingerprint density at radius 2 is 1.95 bits per heavy atom. The van der Waals surface area contributed by atoms with E-state index in [1.807, 2.05) is 0 Å².